The first-order valence-electron chi connectivity index (χ1n) is 7.92. The van der Waals surface area contributed by atoms with Crippen molar-refractivity contribution in [3.63, 3.8) is 0 Å². The molecule has 1 aromatic heterocycles. The van der Waals surface area contributed by atoms with Gasteiger partial charge in [-0.3, -0.25) is 19.1 Å². The molecule has 3 rings (SSSR count). The third kappa shape index (κ3) is 2.81. The molecule has 2 heterocycles. The van der Waals surface area contributed by atoms with E-state index in [1.165, 1.54) is 4.57 Å². The molecule has 1 amide bonds. The van der Waals surface area contributed by atoms with Crippen LogP contribution in [0.4, 0.5) is 0 Å². The molecule has 1 aliphatic heterocycles. The Morgan fingerprint density at radius 3 is 2.70 bits per heavy atom. The topological polar surface area (TPSA) is 75.2 Å². The predicted octanol–water partition coefficient (Wildman–Crippen LogP) is 1.48. The van der Waals surface area contributed by atoms with Gasteiger partial charge in [0.05, 0.1) is 10.9 Å². The van der Waals surface area contributed by atoms with Crippen molar-refractivity contribution in [2.45, 2.75) is 45.2 Å². The number of hydrogen-bond acceptors (Lipinski definition) is 3. The number of fused-ring (bicyclic) bond motifs is 1. The van der Waals surface area contributed by atoms with Crippen LogP contribution < -0.4 is 11.2 Å². The van der Waals surface area contributed by atoms with E-state index in [0.29, 0.717) is 10.9 Å². The first kappa shape index (κ1) is 15.5. The highest BCUT2D eigenvalue weighted by Crippen LogP contribution is 2.28. The second-order valence-corrected chi connectivity index (χ2v) is 6.64. The van der Waals surface area contributed by atoms with E-state index in [4.69, 9.17) is 0 Å². The van der Waals surface area contributed by atoms with Gasteiger partial charge in [-0.15, -0.1) is 0 Å². The number of H-pyrrole nitrogens is 1. The summed E-state index contributed by atoms with van der Waals surface area (Å²) in [5.74, 6) is 0.0506. The van der Waals surface area contributed by atoms with E-state index < -0.39 is 11.2 Å². The summed E-state index contributed by atoms with van der Waals surface area (Å²) in [7, 11) is 0. The van der Waals surface area contributed by atoms with Gasteiger partial charge in [0, 0.05) is 25.0 Å². The Labute approximate surface area is 133 Å². The van der Waals surface area contributed by atoms with Crippen LogP contribution in [0, 0.1) is 0 Å². The van der Waals surface area contributed by atoms with Crippen LogP contribution in [0.5, 0.6) is 0 Å². The molecule has 0 radical (unpaired) electrons. The quantitative estimate of drug-likeness (QED) is 0.932. The van der Waals surface area contributed by atoms with Crippen molar-refractivity contribution in [1.82, 2.24) is 14.5 Å². The summed E-state index contributed by atoms with van der Waals surface area (Å²) in [6, 6.07) is 6.94. The molecule has 1 fully saturated rings. The summed E-state index contributed by atoms with van der Waals surface area (Å²) in [6.45, 7) is 5.17. The lowest BCUT2D eigenvalue weighted by Gasteiger charge is -2.31. The fraction of sp³-hybridized carbons (Fsp3) is 0.471. The molecule has 0 bridgehead atoms. The Hall–Kier alpha value is -2.37. The molecule has 122 valence electrons. The first-order valence-corrected chi connectivity index (χ1v) is 7.92. The molecule has 0 unspecified atom stereocenters. The van der Waals surface area contributed by atoms with Crippen LogP contribution in [-0.2, 0) is 11.3 Å². The number of nitrogens with one attached hydrogen (secondary N) is 1. The predicted molar refractivity (Wildman–Crippen MR) is 88.5 cm³/mol. The minimum Gasteiger partial charge on any atom is -0.338 e. The third-order valence-electron chi connectivity index (χ3n) is 4.66. The Kier molecular flexibility index (Phi) is 3.83. The van der Waals surface area contributed by atoms with Gasteiger partial charge >= 0.3 is 5.69 Å². The van der Waals surface area contributed by atoms with E-state index in [1.807, 2.05) is 4.90 Å². The van der Waals surface area contributed by atoms with Crippen LogP contribution >= 0.6 is 0 Å². The summed E-state index contributed by atoms with van der Waals surface area (Å²) in [6.07, 6.45) is 2.26. The molecule has 1 N–H and O–H groups in total. The van der Waals surface area contributed by atoms with Gasteiger partial charge in [0.2, 0.25) is 5.91 Å². The Morgan fingerprint density at radius 1 is 1.26 bits per heavy atom. The van der Waals surface area contributed by atoms with Crippen LogP contribution in [0.25, 0.3) is 10.9 Å². The van der Waals surface area contributed by atoms with Crippen LogP contribution in [0.3, 0.4) is 0 Å². The molecule has 1 aromatic carbocycles. The lowest BCUT2D eigenvalue weighted by atomic mass is 10.0. The highest BCUT2D eigenvalue weighted by Gasteiger charge is 2.34. The number of amides is 1. The molecule has 6 nitrogen and oxygen atoms in total. The second kappa shape index (κ2) is 5.68. The van der Waals surface area contributed by atoms with Crippen molar-refractivity contribution in [3.8, 4) is 0 Å². The summed E-state index contributed by atoms with van der Waals surface area (Å²) in [4.78, 5) is 40.6. The highest BCUT2D eigenvalue weighted by molar-refractivity contribution is 5.79. The van der Waals surface area contributed by atoms with Gasteiger partial charge < -0.3 is 4.90 Å². The van der Waals surface area contributed by atoms with Crippen LogP contribution in [0.2, 0.25) is 0 Å². The van der Waals surface area contributed by atoms with Crippen molar-refractivity contribution < 1.29 is 4.79 Å². The summed E-state index contributed by atoms with van der Waals surface area (Å²) < 4.78 is 1.47. The van der Waals surface area contributed by atoms with E-state index in [-0.39, 0.29) is 24.4 Å². The number of aromatic amines is 1. The molecule has 2 aromatic rings. The molecule has 0 spiro atoms. The number of carbonyl (C=O) groups excluding carboxylic acids is 1. The number of aromatic nitrogens is 2. The average Bonchev–Trinajstić information content (AvgIpc) is 2.86. The van der Waals surface area contributed by atoms with Gasteiger partial charge in [-0.25, -0.2) is 4.79 Å². The van der Waals surface area contributed by atoms with Crippen molar-refractivity contribution in [3.05, 3.63) is 45.1 Å². The van der Waals surface area contributed by atoms with Gasteiger partial charge in [0.1, 0.15) is 0 Å². The average molecular weight is 315 g/mol. The van der Waals surface area contributed by atoms with Gasteiger partial charge in [0.25, 0.3) is 5.56 Å². The van der Waals surface area contributed by atoms with Crippen molar-refractivity contribution in [2.75, 3.05) is 6.54 Å². The summed E-state index contributed by atoms with van der Waals surface area (Å²) in [5, 5.41) is 0.459. The molecule has 6 heteroatoms. The zero-order chi connectivity index (χ0) is 16.6. The molecule has 0 saturated carbocycles. The number of benzene rings is 1. The number of rotatable bonds is 3. The molecule has 0 aliphatic carbocycles. The zero-order valence-electron chi connectivity index (χ0n) is 13.5. The smallest absolute Gasteiger partial charge is 0.328 e. The largest absolute Gasteiger partial charge is 0.338 e. The standard InChI is InChI=1S/C17H21N3O3/c1-17(2)9-5-10-20(17)14(21)8-11-19-13-7-4-3-6-12(13)15(22)18-16(19)23/h3-4,6-7H,5,8-11H2,1-2H3,(H,18,22,23). The second-order valence-electron chi connectivity index (χ2n) is 6.64. The molecule has 0 atom stereocenters. The fourth-order valence-electron chi connectivity index (χ4n) is 3.38. The molecular weight excluding hydrogens is 294 g/mol. The minimum atomic E-state index is -0.470. The fourth-order valence-corrected chi connectivity index (χ4v) is 3.38. The van der Waals surface area contributed by atoms with Gasteiger partial charge in [0.15, 0.2) is 0 Å². The number of likely N-dealkylation sites (tertiary alicyclic amines) is 1. The number of carbonyl (C=O) groups is 1. The van der Waals surface area contributed by atoms with Gasteiger partial charge in [-0.2, -0.15) is 0 Å². The molecule has 23 heavy (non-hydrogen) atoms. The Morgan fingerprint density at radius 2 is 2.00 bits per heavy atom. The SMILES string of the molecule is CC1(C)CCCN1C(=O)CCn1c(=O)[nH]c(=O)c2ccccc21. The van der Waals surface area contributed by atoms with E-state index in [1.54, 1.807) is 24.3 Å². The number of nitrogens with zero attached hydrogens (tertiary/aromatic N) is 2. The van der Waals surface area contributed by atoms with Gasteiger partial charge in [-0.1, -0.05) is 12.1 Å². The normalized spacial score (nSPS) is 16.9. The Balaban J connectivity index is 1.87. The maximum atomic E-state index is 12.5. The number of hydrogen-bond donors (Lipinski definition) is 1. The number of aryl methyl sites for hydroxylation is 1. The van der Waals surface area contributed by atoms with Crippen molar-refractivity contribution in [2.24, 2.45) is 0 Å². The zero-order valence-corrected chi connectivity index (χ0v) is 13.5. The summed E-state index contributed by atoms with van der Waals surface area (Å²) in [5.41, 5.74) is -0.416. The lowest BCUT2D eigenvalue weighted by Crippen LogP contribution is -2.43. The van der Waals surface area contributed by atoms with Crippen LogP contribution in [0.15, 0.2) is 33.9 Å². The van der Waals surface area contributed by atoms with Crippen LogP contribution in [0.1, 0.15) is 33.1 Å². The van der Waals surface area contributed by atoms with E-state index >= 15 is 0 Å². The van der Waals surface area contributed by atoms with Crippen LogP contribution in [-0.4, -0.2) is 32.4 Å². The minimum absolute atomic E-state index is 0.0506. The maximum absolute atomic E-state index is 12.5. The van der Waals surface area contributed by atoms with Crippen molar-refractivity contribution >= 4 is 16.8 Å². The molecular formula is C17H21N3O3. The highest BCUT2D eigenvalue weighted by atomic mass is 16.2. The van der Waals surface area contributed by atoms with E-state index in [9.17, 15) is 14.4 Å². The summed E-state index contributed by atoms with van der Waals surface area (Å²) >= 11 is 0. The van der Waals surface area contributed by atoms with Crippen molar-refractivity contribution in [1.29, 1.82) is 0 Å². The third-order valence-corrected chi connectivity index (χ3v) is 4.66. The Bertz CT molecular complexity index is 863. The first-order chi connectivity index (χ1) is 10.9. The number of para-hydroxylation sites is 1. The monoisotopic (exact) mass is 315 g/mol. The van der Waals surface area contributed by atoms with E-state index in [2.05, 4.69) is 18.8 Å². The van der Waals surface area contributed by atoms with Gasteiger partial charge in [-0.05, 0) is 38.8 Å². The lowest BCUT2D eigenvalue weighted by molar-refractivity contribution is -0.134. The molecule has 1 saturated heterocycles. The van der Waals surface area contributed by atoms with E-state index in [0.717, 1.165) is 19.4 Å². The maximum Gasteiger partial charge on any atom is 0.328 e. The molecule has 1 aliphatic rings.